The summed E-state index contributed by atoms with van der Waals surface area (Å²) in [5.41, 5.74) is 1.75. The summed E-state index contributed by atoms with van der Waals surface area (Å²) in [5.74, 6) is 0.396. The Bertz CT molecular complexity index is 408. The van der Waals surface area contributed by atoms with E-state index in [1.165, 1.54) is 0 Å². The van der Waals surface area contributed by atoms with Crippen molar-refractivity contribution in [2.45, 2.75) is 0 Å². The summed E-state index contributed by atoms with van der Waals surface area (Å²) in [7, 11) is 0. The second-order valence-corrected chi connectivity index (χ2v) is 4.59. The van der Waals surface area contributed by atoms with Crippen molar-refractivity contribution in [3.8, 4) is 6.07 Å². The van der Waals surface area contributed by atoms with Crippen LogP contribution in [0.5, 0.6) is 0 Å². The number of rotatable bonds is 2. The molecule has 1 aromatic carbocycles. The van der Waals surface area contributed by atoms with Crippen molar-refractivity contribution in [1.29, 1.82) is 5.26 Å². The highest BCUT2D eigenvalue weighted by atomic mass is 79.9. The highest BCUT2D eigenvalue weighted by Gasteiger charge is 2.27. The average Bonchev–Trinajstić information content (AvgIpc) is 2.18. The van der Waals surface area contributed by atoms with Crippen LogP contribution in [-0.4, -0.2) is 24.8 Å². The molecule has 15 heavy (non-hydrogen) atoms. The Hall–Kier alpha value is -1.05. The van der Waals surface area contributed by atoms with E-state index in [1.807, 2.05) is 18.2 Å². The number of nitriles is 1. The molecule has 4 heteroatoms. The van der Waals surface area contributed by atoms with E-state index in [4.69, 9.17) is 10.4 Å². The summed E-state index contributed by atoms with van der Waals surface area (Å²) in [5, 5.41) is 17.6. The van der Waals surface area contributed by atoms with Crippen molar-refractivity contribution in [2.75, 3.05) is 24.6 Å². The zero-order valence-corrected chi connectivity index (χ0v) is 9.74. The maximum Gasteiger partial charge on any atom is 0.0992 e. The zero-order valence-electron chi connectivity index (χ0n) is 8.15. The normalized spacial score (nSPS) is 15.9. The average molecular weight is 267 g/mol. The number of hydrogen-bond acceptors (Lipinski definition) is 3. The van der Waals surface area contributed by atoms with Gasteiger partial charge in [0.2, 0.25) is 0 Å². The van der Waals surface area contributed by atoms with Crippen molar-refractivity contribution in [3.05, 3.63) is 28.2 Å². The standard InChI is InChI=1S/C11H11BrN2O/c12-10-3-8(4-13)1-2-11(10)14-5-9(6-14)7-15/h1-3,9,15H,5-7H2. The van der Waals surface area contributed by atoms with Crippen molar-refractivity contribution < 1.29 is 5.11 Å². The lowest BCUT2D eigenvalue weighted by Gasteiger charge is -2.40. The smallest absolute Gasteiger partial charge is 0.0992 e. The summed E-state index contributed by atoms with van der Waals surface area (Å²) < 4.78 is 0.943. The Labute approximate surface area is 97.1 Å². The van der Waals surface area contributed by atoms with Gasteiger partial charge in [-0.2, -0.15) is 5.26 Å². The molecule has 0 radical (unpaired) electrons. The van der Waals surface area contributed by atoms with E-state index in [2.05, 4.69) is 26.9 Å². The minimum Gasteiger partial charge on any atom is -0.396 e. The SMILES string of the molecule is N#Cc1ccc(N2CC(CO)C2)c(Br)c1. The van der Waals surface area contributed by atoms with E-state index in [0.717, 1.165) is 23.2 Å². The molecule has 1 saturated heterocycles. The molecule has 0 aromatic heterocycles. The van der Waals surface area contributed by atoms with Gasteiger partial charge in [-0.05, 0) is 34.1 Å². The summed E-state index contributed by atoms with van der Waals surface area (Å²) >= 11 is 3.45. The molecule has 0 atom stereocenters. The molecule has 1 aliphatic rings. The summed E-state index contributed by atoms with van der Waals surface area (Å²) in [6.07, 6.45) is 0. The Morgan fingerprint density at radius 3 is 2.80 bits per heavy atom. The van der Waals surface area contributed by atoms with Gasteiger partial charge in [0.25, 0.3) is 0 Å². The van der Waals surface area contributed by atoms with Crippen LogP contribution in [0.4, 0.5) is 5.69 Å². The quantitative estimate of drug-likeness (QED) is 0.888. The Kier molecular flexibility index (Phi) is 2.94. The molecule has 1 aliphatic heterocycles. The molecular weight excluding hydrogens is 256 g/mol. The van der Waals surface area contributed by atoms with Crippen LogP contribution in [0.25, 0.3) is 0 Å². The Morgan fingerprint density at radius 1 is 1.53 bits per heavy atom. The minimum atomic E-state index is 0.254. The maximum atomic E-state index is 8.92. The van der Waals surface area contributed by atoms with Gasteiger partial charge in [-0.3, -0.25) is 0 Å². The Morgan fingerprint density at radius 2 is 2.27 bits per heavy atom. The zero-order chi connectivity index (χ0) is 10.8. The van der Waals surface area contributed by atoms with Gasteiger partial charge in [-0.15, -0.1) is 0 Å². The number of nitrogens with zero attached hydrogens (tertiary/aromatic N) is 2. The number of benzene rings is 1. The van der Waals surface area contributed by atoms with E-state index in [1.54, 1.807) is 0 Å². The third-order valence-corrected chi connectivity index (χ3v) is 3.27. The minimum absolute atomic E-state index is 0.254. The highest BCUT2D eigenvalue weighted by molar-refractivity contribution is 9.10. The van der Waals surface area contributed by atoms with E-state index in [9.17, 15) is 0 Å². The lowest BCUT2D eigenvalue weighted by atomic mass is 10.0. The van der Waals surface area contributed by atoms with Gasteiger partial charge in [0.1, 0.15) is 0 Å². The third kappa shape index (κ3) is 1.99. The fourth-order valence-electron chi connectivity index (χ4n) is 1.71. The molecule has 0 unspecified atom stereocenters. The van der Waals surface area contributed by atoms with Crippen LogP contribution in [0.1, 0.15) is 5.56 Å². The van der Waals surface area contributed by atoms with Gasteiger partial charge in [0.05, 0.1) is 17.3 Å². The Balaban J connectivity index is 2.14. The monoisotopic (exact) mass is 266 g/mol. The van der Waals surface area contributed by atoms with Gasteiger partial charge in [-0.1, -0.05) is 0 Å². The van der Waals surface area contributed by atoms with Crippen molar-refractivity contribution in [2.24, 2.45) is 5.92 Å². The summed E-state index contributed by atoms with van der Waals surface area (Å²) in [4.78, 5) is 2.19. The summed E-state index contributed by atoms with van der Waals surface area (Å²) in [6, 6.07) is 7.68. The largest absolute Gasteiger partial charge is 0.396 e. The van der Waals surface area contributed by atoms with Crippen LogP contribution in [-0.2, 0) is 0 Å². The first-order valence-corrected chi connectivity index (χ1v) is 5.59. The van der Waals surface area contributed by atoms with E-state index < -0.39 is 0 Å². The predicted molar refractivity (Wildman–Crippen MR) is 61.6 cm³/mol. The fourth-order valence-corrected chi connectivity index (χ4v) is 2.34. The molecule has 78 valence electrons. The highest BCUT2D eigenvalue weighted by Crippen LogP contribution is 2.32. The summed E-state index contributed by atoms with van der Waals surface area (Å²) in [6.45, 7) is 2.03. The van der Waals surface area contributed by atoms with E-state index in [-0.39, 0.29) is 6.61 Å². The predicted octanol–water partition coefficient (Wildman–Crippen LogP) is 1.75. The third-order valence-electron chi connectivity index (χ3n) is 2.63. The van der Waals surface area contributed by atoms with Crippen LogP contribution >= 0.6 is 15.9 Å². The first kappa shape index (κ1) is 10.5. The molecule has 0 bridgehead atoms. The fraction of sp³-hybridized carbons (Fsp3) is 0.364. The van der Waals surface area contributed by atoms with Gasteiger partial charge in [-0.25, -0.2) is 0 Å². The van der Waals surface area contributed by atoms with E-state index >= 15 is 0 Å². The molecule has 1 N–H and O–H groups in total. The van der Waals surface area contributed by atoms with Crippen LogP contribution in [0.3, 0.4) is 0 Å². The molecule has 0 spiro atoms. The topological polar surface area (TPSA) is 47.3 Å². The van der Waals surface area contributed by atoms with Gasteiger partial charge < -0.3 is 10.0 Å². The van der Waals surface area contributed by atoms with Crippen LogP contribution < -0.4 is 4.90 Å². The number of hydrogen-bond donors (Lipinski definition) is 1. The lowest BCUT2D eigenvalue weighted by molar-refractivity contribution is 0.200. The number of anilines is 1. The van der Waals surface area contributed by atoms with Crippen LogP contribution in [0, 0.1) is 17.2 Å². The number of aliphatic hydroxyl groups excluding tert-OH is 1. The number of aliphatic hydroxyl groups is 1. The van der Waals surface area contributed by atoms with E-state index in [0.29, 0.717) is 11.5 Å². The van der Waals surface area contributed by atoms with Gasteiger partial charge in [0.15, 0.2) is 0 Å². The second kappa shape index (κ2) is 4.21. The molecule has 1 heterocycles. The van der Waals surface area contributed by atoms with Gasteiger partial charge in [0, 0.05) is 30.1 Å². The van der Waals surface area contributed by atoms with Crippen molar-refractivity contribution >= 4 is 21.6 Å². The number of halogens is 1. The van der Waals surface area contributed by atoms with Crippen LogP contribution in [0.2, 0.25) is 0 Å². The van der Waals surface area contributed by atoms with Gasteiger partial charge >= 0.3 is 0 Å². The molecule has 3 nitrogen and oxygen atoms in total. The molecule has 0 saturated carbocycles. The molecular formula is C11H11BrN2O. The molecule has 2 rings (SSSR count). The molecule has 1 fully saturated rings. The lowest BCUT2D eigenvalue weighted by Crippen LogP contribution is -2.48. The molecule has 0 aliphatic carbocycles. The first-order chi connectivity index (χ1) is 7.24. The van der Waals surface area contributed by atoms with Crippen molar-refractivity contribution in [1.82, 2.24) is 0 Å². The molecule has 1 aromatic rings. The van der Waals surface area contributed by atoms with Crippen LogP contribution in [0.15, 0.2) is 22.7 Å². The molecule has 0 amide bonds. The first-order valence-electron chi connectivity index (χ1n) is 4.80. The maximum absolute atomic E-state index is 8.92. The van der Waals surface area contributed by atoms with Crippen molar-refractivity contribution in [3.63, 3.8) is 0 Å². The second-order valence-electron chi connectivity index (χ2n) is 3.73.